The van der Waals surface area contributed by atoms with Gasteiger partial charge in [0.1, 0.15) is 91.4 Å². The molecule has 0 aliphatic carbocycles. The van der Waals surface area contributed by atoms with E-state index in [1.165, 1.54) is 91.0 Å². The molecule has 0 N–H and O–H groups in total. The Labute approximate surface area is 861 Å². The first-order valence-electron chi connectivity index (χ1n) is 49.2. The van der Waals surface area contributed by atoms with E-state index in [0.717, 1.165) is 33.4 Å². The SMILES string of the molecule is CC(c1ccc(OC(=O)c2cc(OC(=O)CCCCC(=O)OCc3ccccc3)cc(OC(=O)CCCCC(=O)OCc3ccccc3)c2)cc1)(c1ccc(OC(=O)c2cc(OC(=O)CCCCC(=O)OCc3ccccc3)cc(OC(=O)CCCCC(=O)OCc3ccccc3)c2)cc1)c1ccc(OC(=O)c2cc(OC(=O)CCCCC(=O)OCc3ccccc3)cc(OC(=O)CCCCC(=O)OCc3ccccc3)c2)cc1. The summed E-state index contributed by atoms with van der Waals surface area (Å²) in [5.74, 6) is -11.3. The third-order valence-electron chi connectivity index (χ3n) is 23.2. The minimum atomic E-state index is -1.26. The van der Waals surface area contributed by atoms with Crippen molar-refractivity contribution in [2.45, 2.75) is 206 Å². The number of carbonyl (C=O) groups excluding carboxylic acids is 15. The summed E-state index contributed by atoms with van der Waals surface area (Å²) in [6.45, 7) is 2.33. The molecule has 12 rings (SSSR count). The highest BCUT2D eigenvalue weighted by atomic mass is 16.6. The van der Waals surface area contributed by atoms with Crippen molar-refractivity contribution >= 4 is 89.5 Å². The Morgan fingerprint density at radius 1 is 0.168 bits per heavy atom. The van der Waals surface area contributed by atoms with Crippen LogP contribution in [0.1, 0.15) is 242 Å². The number of unbranched alkanes of at least 4 members (excludes halogenated alkanes) is 6. The van der Waals surface area contributed by atoms with Crippen molar-refractivity contribution in [2.24, 2.45) is 0 Å². The molecule has 0 aliphatic rings. The maximum atomic E-state index is 14.5. The van der Waals surface area contributed by atoms with Crippen LogP contribution >= 0.6 is 0 Å². The topological polar surface area (TPSA) is 394 Å². The van der Waals surface area contributed by atoms with E-state index in [1.54, 1.807) is 36.4 Å². The first-order valence-corrected chi connectivity index (χ1v) is 49.2. The van der Waals surface area contributed by atoms with Gasteiger partial charge < -0.3 is 71.1 Å². The number of carbonyl (C=O) groups is 15. The lowest BCUT2D eigenvalue weighted by atomic mass is 9.71. The van der Waals surface area contributed by atoms with Gasteiger partial charge in [-0.1, -0.05) is 218 Å². The molecule has 30 nitrogen and oxygen atoms in total. The Bertz CT molecular complexity index is 5590. The van der Waals surface area contributed by atoms with Crippen LogP contribution in [0.25, 0.3) is 0 Å². The lowest BCUT2D eigenvalue weighted by Crippen LogP contribution is -2.25. The average Bonchev–Trinajstić information content (AvgIpc) is 0.758. The minimum absolute atomic E-state index is 0.00420. The quantitative estimate of drug-likeness (QED) is 0.0112. The molecule has 149 heavy (non-hydrogen) atoms. The van der Waals surface area contributed by atoms with E-state index in [-0.39, 0.29) is 262 Å². The Morgan fingerprint density at radius 3 is 0.470 bits per heavy atom. The molecule has 0 spiro atoms. The van der Waals surface area contributed by atoms with Crippen molar-refractivity contribution in [1.82, 2.24) is 0 Å². The number of hydrogen-bond acceptors (Lipinski definition) is 30. The van der Waals surface area contributed by atoms with Gasteiger partial charge in [0.15, 0.2) is 0 Å². The highest BCUT2D eigenvalue weighted by Gasteiger charge is 2.33. The van der Waals surface area contributed by atoms with Gasteiger partial charge in [-0.2, -0.15) is 0 Å². The molecule has 0 bridgehead atoms. The summed E-state index contributed by atoms with van der Waals surface area (Å²) in [5.41, 5.74) is 4.55. The number of rotatable bonds is 57. The van der Waals surface area contributed by atoms with Crippen molar-refractivity contribution in [3.05, 3.63) is 376 Å². The average molecular weight is 2020 g/mol. The molecule has 0 amide bonds. The fraction of sp³-hybridized carbons (Fsp3) is 0.269. The van der Waals surface area contributed by atoms with E-state index < -0.39 is 95.0 Å². The maximum absolute atomic E-state index is 14.5. The van der Waals surface area contributed by atoms with Gasteiger partial charge in [-0.05, 0) is 207 Å². The molecule has 12 aromatic carbocycles. The minimum Gasteiger partial charge on any atom is -0.461 e. The summed E-state index contributed by atoms with van der Waals surface area (Å²) < 4.78 is 84.8. The first kappa shape index (κ1) is 110. The predicted octanol–water partition coefficient (Wildman–Crippen LogP) is 22.0. The summed E-state index contributed by atoms with van der Waals surface area (Å²) >= 11 is 0. The molecule has 30 heteroatoms. The third kappa shape index (κ3) is 39.3. The van der Waals surface area contributed by atoms with Gasteiger partial charge in [-0.3, -0.25) is 57.5 Å². The molecule has 0 atom stereocenters. The Kier molecular flexibility index (Phi) is 43.9. The summed E-state index contributed by atoms with van der Waals surface area (Å²) in [6.07, 6.45) is 2.21. The van der Waals surface area contributed by atoms with Gasteiger partial charge in [0.25, 0.3) is 0 Å². The zero-order valence-corrected chi connectivity index (χ0v) is 82.4. The van der Waals surface area contributed by atoms with Crippen molar-refractivity contribution in [1.29, 1.82) is 0 Å². The third-order valence-corrected chi connectivity index (χ3v) is 23.2. The second-order valence-corrected chi connectivity index (χ2v) is 34.9. The standard InChI is InChI=1S/C119H114O30/c1-119(92-56-62-95(63-57-92)147-116(132)89-68-98(141-110(126)50-26-20-44-104(120)135-77-83-32-8-2-9-33-83)74-99(69-89)142-111(127)51-27-21-45-105(121)136-78-84-34-10-3-11-35-84,93-58-64-96(65-59-93)148-117(133)90-70-100(143-112(128)52-28-22-46-106(122)137-79-85-36-12-4-13-37-85)75-101(71-90)144-113(129)53-29-23-47-107(123)138-80-86-38-14-5-15-39-86)94-60-66-97(67-61-94)149-118(134)91-72-102(145-114(130)54-30-24-48-108(124)139-81-87-40-16-6-17-41-87)76-103(73-91)146-115(131)55-31-25-49-109(125)140-82-88-42-18-7-19-43-88/h2-19,32-43,56-76H,20-31,44-55,77-82H2,1H3. The number of ether oxygens (including phenoxy) is 15. The number of benzene rings is 12. The Balaban J connectivity index is 0.781. The molecule has 0 saturated carbocycles. The smallest absolute Gasteiger partial charge is 0.343 e. The van der Waals surface area contributed by atoms with Crippen LogP contribution in [0.5, 0.6) is 51.7 Å². The van der Waals surface area contributed by atoms with Crippen molar-refractivity contribution in [2.75, 3.05) is 0 Å². The van der Waals surface area contributed by atoms with E-state index in [2.05, 4.69) is 0 Å². The van der Waals surface area contributed by atoms with E-state index in [9.17, 15) is 71.9 Å². The highest BCUT2D eigenvalue weighted by molar-refractivity contribution is 5.95. The van der Waals surface area contributed by atoms with Crippen LogP contribution in [-0.2, 0) is 131 Å². The van der Waals surface area contributed by atoms with Crippen LogP contribution in [0.15, 0.2) is 309 Å². The number of hydrogen-bond donors (Lipinski definition) is 0. The molecule has 12 aromatic rings. The lowest BCUT2D eigenvalue weighted by molar-refractivity contribution is -0.146. The van der Waals surface area contributed by atoms with Crippen LogP contribution in [0.4, 0.5) is 0 Å². The van der Waals surface area contributed by atoms with E-state index in [0.29, 0.717) is 16.7 Å². The molecular weight excluding hydrogens is 1910 g/mol. The summed E-state index contributed by atoms with van der Waals surface area (Å²) in [6, 6.07) is 84.9. The zero-order chi connectivity index (χ0) is 105. The van der Waals surface area contributed by atoms with E-state index in [1.807, 2.05) is 189 Å². The summed E-state index contributed by atoms with van der Waals surface area (Å²) in [4.78, 5) is 200. The molecule has 0 saturated heterocycles. The first-order chi connectivity index (χ1) is 72.3. The van der Waals surface area contributed by atoms with Crippen LogP contribution in [0.2, 0.25) is 0 Å². The van der Waals surface area contributed by atoms with Crippen molar-refractivity contribution in [3.63, 3.8) is 0 Å². The van der Waals surface area contributed by atoms with Gasteiger partial charge in [-0.25, -0.2) is 14.4 Å². The largest absolute Gasteiger partial charge is 0.461 e. The molecule has 0 fully saturated rings. The Hall–Kier alpha value is -17.3. The van der Waals surface area contributed by atoms with Gasteiger partial charge >= 0.3 is 89.5 Å². The fourth-order valence-electron chi connectivity index (χ4n) is 15.2. The normalized spacial score (nSPS) is 10.9. The molecule has 0 heterocycles. The van der Waals surface area contributed by atoms with Gasteiger partial charge in [-0.15, -0.1) is 0 Å². The second kappa shape index (κ2) is 59.2. The van der Waals surface area contributed by atoms with Crippen LogP contribution in [0, 0.1) is 0 Å². The maximum Gasteiger partial charge on any atom is 0.343 e. The molecular formula is C119H114O30. The molecule has 0 aliphatic heterocycles. The molecule has 770 valence electrons. The van der Waals surface area contributed by atoms with Gasteiger partial charge in [0, 0.05) is 101 Å². The zero-order valence-electron chi connectivity index (χ0n) is 82.4. The summed E-state index contributed by atoms with van der Waals surface area (Å²) in [5, 5.41) is 0. The number of esters is 15. The van der Waals surface area contributed by atoms with Crippen LogP contribution < -0.4 is 42.6 Å². The highest BCUT2D eigenvalue weighted by Crippen LogP contribution is 2.42. The molecule has 0 radical (unpaired) electrons. The van der Waals surface area contributed by atoms with Crippen LogP contribution in [0.3, 0.4) is 0 Å². The van der Waals surface area contributed by atoms with Crippen molar-refractivity contribution < 1.29 is 143 Å². The van der Waals surface area contributed by atoms with E-state index in [4.69, 9.17) is 71.1 Å². The predicted molar refractivity (Wildman–Crippen MR) is 541 cm³/mol. The Morgan fingerprint density at radius 2 is 0.315 bits per heavy atom. The van der Waals surface area contributed by atoms with Crippen LogP contribution in [-0.4, -0.2) is 89.5 Å². The summed E-state index contributed by atoms with van der Waals surface area (Å²) in [7, 11) is 0. The van der Waals surface area contributed by atoms with E-state index >= 15 is 0 Å². The van der Waals surface area contributed by atoms with Gasteiger partial charge in [0.05, 0.1) is 16.7 Å². The fourth-order valence-corrected chi connectivity index (χ4v) is 15.2. The lowest BCUT2D eigenvalue weighted by Gasteiger charge is -2.32. The second-order valence-electron chi connectivity index (χ2n) is 34.9. The van der Waals surface area contributed by atoms with Gasteiger partial charge in [0.2, 0.25) is 0 Å². The molecule has 0 unspecified atom stereocenters. The molecule has 0 aromatic heterocycles. The van der Waals surface area contributed by atoms with Crippen molar-refractivity contribution in [3.8, 4) is 51.7 Å². The monoisotopic (exact) mass is 2020 g/mol.